The van der Waals surface area contributed by atoms with Crippen molar-refractivity contribution in [1.29, 1.82) is 0 Å². The molecule has 5 rings (SSSR count). The molecule has 0 aliphatic carbocycles. The first-order chi connectivity index (χ1) is 17.8. The summed E-state index contributed by atoms with van der Waals surface area (Å²) in [6.45, 7) is 2.98. The van der Waals surface area contributed by atoms with Gasteiger partial charge in [0.1, 0.15) is 0 Å². The molecule has 8 heteroatoms. The predicted molar refractivity (Wildman–Crippen MR) is 153 cm³/mol. The Morgan fingerprint density at radius 3 is 2.24 bits per heavy atom. The molecule has 6 nitrogen and oxygen atoms in total. The first kappa shape index (κ1) is 24.9. The number of nitrogens with one attached hydrogen (secondary N) is 1. The molecule has 4 aromatic carbocycles. The smallest absolute Gasteiger partial charge is 0.264 e. The Morgan fingerprint density at radius 2 is 1.57 bits per heavy atom. The van der Waals surface area contributed by atoms with Gasteiger partial charge in [-0.15, -0.1) is 11.8 Å². The molecule has 1 amide bonds. The number of hydrogen-bond donors (Lipinski definition) is 1. The number of sulfonamides is 1. The summed E-state index contributed by atoms with van der Waals surface area (Å²) in [5.41, 5.74) is 3.90. The maximum atomic E-state index is 13.1. The lowest BCUT2D eigenvalue weighted by molar-refractivity contribution is 0.102. The Hall–Kier alpha value is -3.75. The highest BCUT2D eigenvalue weighted by atomic mass is 32.2. The minimum absolute atomic E-state index is 0.217. The van der Waals surface area contributed by atoms with Crippen LogP contribution in [0.2, 0.25) is 0 Å². The maximum Gasteiger partial charge on any atom is 0.264 e. The number of anilines is 2. The summed E-state index contributed by atoms with van der Waals surface area (Å²) in [6, 6.07) is 27.5. The van der Waals surface area contributed by atoms with Crippen LogP contribution in [0.4, 0.5) is 11.4 Å². The molecule has 0 atom stereocenters. The molecule has 1 heterocycles. The number of para-hydroxylation sites is 1. The summed E-state index contributed by atoms with van der Waals surface area (Å²) in [4.78, 5) is 14.2. The second-order valence-electron chi connectivity index (χ2n) is 8.64. The van der Waals surface area contributed by atoms with Crippen LogP contribution in [0, 0.1) is 0 Å². The predicted octanol–water partition coefficient (Wildman–Crippen LogP) is 6.61. The molecule has 0 fully saturated rings. The molecule has 0 saturated carbocycles. The molecule has 0 saturated heterocycles. The van der Waals surface area contributed by atoms with E-state index in [9.17, 15) is 13.2 Å². The van der Waals surface area contributed by atoms with Crippen molar-refractivity contribution in [3.8, 4) is 0 Å². The van der Waals surface area contributed by atoms with E-state index in [4.69, 9.17) is 0 Å². The van der Waals surface area contributed by atoms with Gasteiger partial charge in [0.15, 0.2) is 0 Å². The van der Waals surface area contributed by atoms with Crippen molar-refractivity contribution >= 4 is 60.9 Å². The van der Waals surface area contributed by atoms with Crippen LogP contribution in [-0.2, 0) is 16.6 Å². The number of amides is 1. The molecule has 5 aromatic rings. The Morgan fingerprint density at radius 1 is 0.892 bits per heavy atom. The average Bonchev–Trinajstić information content (AvgIpc) is 3.25. The topological polar surface area (TPSA) is 71.4 Å². The number of thioether (sulfide) groups is 1. The van der Waals surface area contributed by atoms with Crippen LogP contribution >= 0.6 is 11.8 Å². The van der Waals surface area contributed by atoms with Gasteiger partial charge in [0.05, 0.1) is 10.6 Å². The summed E-state index contributed by atoms with van der Waals surface area (Å²) >= 11 is 1.55. The highest BCUT2D eigenvalue weighted by molar-refractivity contribution is 7.98. The van der Waals surface area contributed by atoms with Gasteiger partial charge in [0.2, 0.25) is 0 Å². The van der Waals surface area contributed by atoms with Crippen LogP contribution in [0.15, 0.2) is 101 Å². The molecular weight excluding hydrogens is 502 g/mol. The van der Waals surface area contributed by atoms with Crippen molar-refractivity contribution in [3.05, 3.63) is 96.6 Å². The third-order valence-corrected chi connectivity index (χ3v) is 9.10. The molecule has 0 spiro atoms. The second-order valence-corrected chi connectivity index (χ2v) is 11.5. The number of carbonyl (C=O) groups is 1. The van der Waals surface area contributed by atoms with Crippen molar-refractivity contribution in [2.24, 2.45) is 0 Å². The highest BCUT2D eigenvalue weighted by Gasteiger charge is 2.21. The van der Waals surface area contributed by atoms with E-state index in [1.165, 1.54) is 16.9 Å². The number of aromatic nitrogens is 1. The van der Waals surface area contributed by atoms with Gasteiger partial charge < -0.3 is 9.88 Å². The fourth-order valence-corrected chi connectivity index (χ4v) is 6.15. The van der Waals surface area contributed by atoms with Crippen LogP contribution in [0.1, 0.15) is 17.3 Å². The number of hydrogen-bond acceptors (Lipinski definition) is 4. The van der Waals surface area contributed by atoms with E-state index in [1.807, 2.05) is 36.6 Å². The largest absolute Gasteiger partial charge is 0.341 e. The summed E-state index contributed by atoms with van der Waals surface area (Å²) in [7, 11) is -2.21. The van der Waals surface area contributed by atoms with Crippen molar-refractivity contribution in [1.82, 2.24) is 4.57 Å². The Kier molecular flexibility index (Phi) is 6.70. The molecule has 0 radical (unpaired) electrons. The van der Waals surface area contributed by atoms with Gasteiger partial charge in [-0.1, -0.05) is 18.2 Å². The first-order valence-electron chi connectivity index (χ1n) is 11.9. The molecule has 37 heavy (non-hydrogen) atoms. The summed E-state index contributed by atoms with van der Waals surface area (Å²) < 4.78 is 29.6. The Labute approximate surface area is 221 Å². The quantitative estimate of drug-likeness (QED) is 0.241. The van der Waals surface area contributed by atoms with Gasteiger partial charge in [0.25, 0.3) is 15.9 Å². The lowest BCUT2D eigenvalue weighted by Gasteiger charge is -2.20. The molecule has 188 valence electrons. The number of fused-ring (bicyclic) bond motifs is 3. The molecule has 1 N–H and O–H groups in total. The van der Waals surface area contributed by atoms with Crippen LogP contribution in [0.3, 0.4) is 0 Å². The fraction of sp³-hybridized carbons (Fsp3) is 0.138. The first-order valence-corrected chi connectivity index (χ1v) is 14.6. The van der Waals surface area contributed by atoms with Crippen molar-refractivity contribution in [2.45, 2.75) is 23.3 Å². The minimum atomic E-state index is -3.72. The minimum Gasteiger partial charge on any atom is -0.341 e. The third kappa shape index (κ3) is 4.58. The lowest BCUT2D eigenvalue weighted by Crippen LogP contribution is -2.26. The van der Waals surface area contributed by atoms with E-state index >= 15 is 0 Å². The van der Waals surface area contributed by atoms with Crippen molar-refractivity contribution in [2.75, 3.05) is 22.9 Å². The second kappa shape index (κ2) is 9.95. The number of nitrogens with zero attached hydrogens (tertiary/aromatic N) is 2. The van der Waals surface area contributed by atoms with Crippen LogP contribution in [0.5, 0.6) is 0 Å². The number of rotatable bonds is 7. The summed E-state index contributed by atoms with van der Waals surface area (Å²) in [5, 5.41) is 5.21. The number of benzene rings is 4. The van der Waals surface area contributed by atoms with Gasteiger partial charge in [0, 0.05) is 51.5 Å². The molecule has 0 aliphatic rings. The number of carbonyl (C=O) groups excluding carboxylic acids is 1. The Bertz CT molecular complexity index is 1710. The molecule has 1 aromatic heterocycles. The lowest BCUT2D eigenvalue weighted by atomic mass is 10.1. The van der Waals surface area contributed by atoms with Crippen LogP contribution in [-0.4, -0.2) is 32.2 Å². The van der Waals surface area contributed by atoms with Crippen molar-refractivity contribution in [3.63, 3.8) is 0 Å². The van der Waals surface area contributed by atoms with E-state index in [0.29, 0.717) is 16.9 Å². The van der Waals surface area contributed by atoms with Gasteiger partial charge in [-0.25, -0.2) is 8.42 Å². The Balaban J connectivity index is 1.36. The third-order valence-electron chi connectivity index (χ3n) is 6.56. The van der Waals surface area contributed by atoms with Crippen molar-refractivity contribution < 1.29 is 13.2 Å². The summed E-state index contributed by atoms with van der Waals surface area (Å²) in [5.74, 6) is -0.261. The SMILES string of the molecule is CCn1c2ccccc2c2cc(NC(=O)c3ccc(N(C)S(=O)(=O)c4ccc(SC)cc4)cc3)ccc21. The zero-order chi connectivity index (χ0) is 26.2. The van der Waals surface area contributed by atoms with E-state index in [2.05, 4.69) is 28.9 Å². The van der Waals surface area contributed by atoms with Gasteiger partial charge in [-0.2, -0.15) is 0 Å². The summed E-state index contributed by atoms with van der Waals surface area (Å²) in [6.07, 6.45) is 1.94. The highest BCUT2D eigenvalue weighted by Crippen LogP contribution is 2.31. The molecule has 0 bridgehead atoms. The average molecular weight is 530 g/mol. The van der Waals surface area contributed by atoms with E-state index in [0.717, 1.165) is 27.7 Å². The molecular formula is C29H27N3O3S2. The van der Waals surface area contributed by atoms with Gasteiger partial charge in [-0.05, 0) is 86.0 Å². The fourth-order valence-electron chi connectivity index (χ4n) is 4.54. The standard InChI is InChI=1S/C29H27N3O3S2/c1-4-32-27-8-6-5-7-25(27)26-19-21(11-18-28(26)32)30-29(33)20-9-12-22(13-10-20)31(2)37(34,35)24-16-14-23(36-3)15-17-24/h5-19H,4H2,1-3H3,(H,30,33). The zero-order valence-corrected chi connectivity index (χ0v) is 22.4. The molecule has 0 aliphatic heterocycles. The van der Waals surface area contributed by atoms with Crippen LogP contribution in [0.25, 0.3) is 21.8 Å². The zero-order valence-electron chi connectivity index (χ0n) is 20.8. The maximum absolute atomic E-state index is 13.1. The van der Waals surface area contributed by atoms with Crippen LogP contribution < -0.4 is 9.62 Å². The van der Waals surface area contributed by atoms with Gasteiger partial charge in [-0.3, -0.25) is 9.10 Å². The van der Waals surface area contributed by atoms with E-state index < -0.39 is 10.0 Å². The van der Waals surface area contributed by atoms with E-state index in [-0.39, 0.29) is 10.8 Å². The van der Waals surface area contributed by atoms with Gasteiger partial charge >= 0.3 is 0 Å². The molecule has 0 unspecified atom stereocenters. The normalized spacial score (nSPS) is 11.6. The number of aryl methyl sites for hydroxylation is 1. The van der Waals surface area contributed by atoms with E-state index in [1.54, 1.807) is 60.3 Å². The monoisotopic (exact) mass is 529 g/mol.